The van der Waals surface area contributed by atoms with E-state index in [1.807, 2.05) is 0 Å². The number of nitrogens with zero attached hydrogens (tertiary/aromatic N) is 4. The lowest BCUT2D eigenvalue weighted by atomic mass is 10.2. The largest absolute Gasteiger partial charge is 0.437 e. The van der Waals surface area contributed by atoms with Crippen LogP contribution in [-0.4, -0.2) is 51.4 Å². The molecule has 3 heterocycles. The van der Waals surface area contributed by atoms with E-state index in [0.29, 0.717) is 13.1 Å². The monoisotopic (exact) mass is 346 g/mol. The molecule has 9 heteroatoms. The second-order valence-electron chi connectivity index (χ2n) is 6.39. The minimum Gasteiger partial charge on any atom is -0.387 e. The smallest absolute Gasteiger partial charge is 0.387 e. The summed E-state index contributed by atoms with van der Waals surface area (Å²) in [6.07, 6.45) is 2.76. The molecule has 1 aromatic carbocycles. The molecule has 2 fully saturated rings. The SMILES string of the molecule is O=c1oc(-c2ccccc2[N+](=O)[O-])nn1CCN1CC2CCC(C1)O2. The molecule has 0 N–H and O–H groups in total. The maximum absolute atomic E-state index is 12.0. The molecule has 1 aromatic heterocycles. The number of nitro benzene ring substituents is 1. The van der Waals surface area contributed by atoms with Crippen molar-refractivity contribution in [3.8, 4) is 11.5 Å². The third kappa shape index (κ3) is 3.20. The summed E-state index contributed by atoms with van der Waals surface area (Å²) in [5, 5.41) is 15.3. The molecule has 0 saturated carbocycles. The zero-order chi connectivity index (χ0) is 17.4. The molecule has 2 saturated heterocycles. The van der Waals surface area contributed by atoms with Gasteiger partial charge in [0.25, 0.3) is 11.6 Å². The van der Waals surface area contributed by atoms with E-state index in [1.165, 1.54) is 16.8 Å². The van der Waals surface area contributed by atoms with Gasteiger partial charge in [0.15, 0.2) is 0 Å². The van der Waals surface area contributed by atoms with E-state index in [1.54, 1.807) is 12.1 Å². The molecule has 0 radical (unpaired) electrons. The summed E-state index contributed by atoms with van der Waals surface area (Å²) in [6, 6.07) is 6.08. The molecule has 4 rings (SSSR count). The van der Waals surface area contributed by atoms with Gasteiger partial charge in [-0.15, -0.1) is 5.10 Å². The summed E-state index contributed by atoms with van der Waals surface area (Å²) in [7, 11) is 0. The van der Waals surface area contributed by atoms with Gasteiger partial charge in [0, 0.05) is 25.7 Å². The van der Waals surface area contributed by atoms with Crippen LogP contribution in [-0.2, 0) is 11.3 Å². The van der Waals surface area contributed by atoms with Crippen LogP contribution < -0.4 is 5.76 Å². The van der Waals surface area contributed by atoms with Gasteiger partial charge in [-0.2, -0.15) is 4.68 Å². The van der Waals surface area contributed by atoms with E-state index in [2.05, 4.69) is 10.00 Å². The van der Waals surface area contributed by atoms with Gasteiger partial charge in [-0.3, -0.25) is 15.0 Å². The first-order valence-corrected chi connectivity index (χ1v) is 8.30. The van der Waals surface area contributed by atoms with Gasteiger partial charge in [0.2, 0.25) is 0 Å². The van der Waals surface area contributed by atoms with Crippen molar-refractivity contribution in [2.75, 3.05) is 19.6 Å². The topological polar surface area (TPSA) is 104 Å². The quantitative estimate of drug-likeness (QED) is 0.593. The molecule has 132 valence electrons. The standard InChI is InChI=1S/C16H18N4O5/c21-16-19(8-7-18-9-11-5-6-12(10-18)24-11)17-15(25-16)13-3-1-2-4-14(13)20(22)23/h1-4,11-12H,5-10H2. The first-order valence-electron chi connectivity index (χ1n) is 8.30. The predicted molar refractivity (Wildman–Crippen MR) is 87.2 cm³/mol. The Kier molecular flexibility index (Phi) is 4.10. The summed E-state index contributed by atoms with van der Waals surface area (Å²) < 4.78 is 12.2. The number of ether oxygens (including phenoxy) is 1. The van der Waals surface area contributed by atoms with Crippen LogP contribution in [0, 0.1) is 10.1 Å². The average Bonchev–Trinajstić information content (AvgIpc) is 3.15. The number of para-hydroxylation sites is 1. The zero-order valence-corrected chi connectivity index (χ0v) is 13.5. The van der Waals surface area contributed by atoms with Crippen molar-refractivity contribution in [1.29, 1.82) is 0 Å². The molecule has 0 aliphatic carbocycles. The average molecular weight is 346 g/mol. The third-order valence-corrected chi connectivity index (χ3v) is 4.68. The van der Waals surface area contributed by atoms with Crippen LogP contribution in [0.1, 0.15) is 12.8 Å². The van der Waals surface area contributed by atoms with Crippen LogP contribution in [0.5, 0.6) is 0 Å². The Bertz CT molecular complexity index is 833. The molecule has 25 heavy (non-hydrogen) atoms. The lowest BCUT2D eigenvalue weighted by Gasteiger charge is -2.31. The van der Waals surface area contributed by atoms with Gasteiger partial charge in [0.05, 0.1) is 23.7 Å². The van der Waals surface area contributed by atoms with Crippen molar-refractivity contribution < 1.29 is 14.1 Å². The first kappa shape index (κ1) is 16.0. The highest BCUT2D eigenvalue weighted by molar-refractivity contribution is 5.66. The molecule has 2 aliphatic heterocycles. The van der Waals surface area contributed by atoms with E-state index in [4.69, 9.17) is 9.15 Å². The summed E-state index contributed by atoms with van der Waals surface area (Å²) in [5.74, 6) is -0.635. The summed E-state index contributed by atoms with van der Waals surface area (Å²) in [4.78, 5) is 24.9. The van der Waals surface area contributed by atoms with Crippen LogP contribution >= 0.6 is 0 Å². The third-order valence-electron chi connectivity index (χ3n) is 4.68. The highest BCUT2D eigenvalue weighted by Crippen LogP contribution is 2.27. The van der Waals surface area contributed by atoms with Crippen LogP contribution in [0.3, 0.4) is 0 Å². The van der Waals surface area contributed by atoms with Crippen molar-refractivity contribution in [1.82, 2.24) is 14.7 Å². The van der Waals surface area contributed by atoms with Gasteiger partial charge in [-0.1, -0.05) is 12.1 Å². The van der Waals surface area contributed by atoms with Crippen LogP contribution in [0.4, 0.5) is 5.69 Å². The van der Waals surface area contributed by atoms with E-state index in [0.717, 1.165) is 25.9 Å². The molecule has 0 spiro atoms. The first-order chi connectivity index (χ1) is 12.1. The second kappa shape index (κ2) is 6.41. The predicted octanol–water partition coefficient (Wildman–Crippen LogP) is 1.27. The minimum absolute atomic E-state index is 0.0284. The number of nitro groups is 1. The summed E-state index contributed by atoms with van der Waals surface area (Å²) in [5.41, 5.74) is 0.0634. The van der Waals surface area contributed by atoms with Gasteiger partial charge >= 0.3 is 5.76 Å². The molecular weight excluding hydrogens is 328 g/mol. The maximum atomic E-state index is 12.0. The van der Waals surface area contributed by atoms with Crippen molar-refractivity contribution in [2.45, 2.75) is 31.6 Å². The number of aromatic nitrogens is 2. The summed E-state index contributed by atoms with van der Waals surface area (Å²) >= 11 is 0. The lowest BCUT2D eigenvalue weighted by Crippen LogP contribution is -2.44. The number of fused-ring (bicyclic) bond motifs is 2. The van der Waals surface area contributed by atoms with Crippen molar-refractivity contribution in [3.05, 3.63) is 44.9 Å². The highest BCUT2D eigenvalue weighted by Gasteiger charge is 2.33. The molecule has 0 amide bonds. The fraction of sp³-hybridized carbons (Fsp3) is 0.500. The molecule has 2 aromatic rings. The molecule has 2 atom stereocenters. The molecule has 2 aliphatic rings. The normalized spacial score (nSPS) is 23.0. The highest BCUT2D eigenvalue weighted by atomic mass is 16.6. The number of morpholine rings is 1. The number of benzene rings is 1. The Morgan fingerprint density at radius 2 is 1.92 bits per heavy atom. The van der Waals surface area contributed by atoms with Gasteiger partial charge < -0.3 is 9.15 Å². The second-order valence-corrected chi connectivity index (χ2v) is 6.39. The lowest BCUT2D eigenvalue weighted by molar-refractivity contribution is -0.384. The fourth-order valence-corrected chi connectivity index (χ4v) is 3.49. The number of likely N-dealkylation sites (tertiary alicyclic amines) is 1. The Balaban J connectivity index is 1.49. The van der Waals surface area contributed by atoms with E-state index >= 15 is 0 Å². The zero-order valence-electron chi connectivity index (χ0n) is 13.5. The number of rotatable bonds is 5. The van der Waals surface area contributed by atoms with Crippen LogP contribution in [0.2, 0.25) is 0 Å². The minimum atomic E-state index is -0.607. The number of hydrogen-bond donors (Lipinski definition) is 0. The van der Waals surface area contributed by atoms with E-state index in [9.17, 15) is 14.9 Å². The Labute approximate surface area is 142 Å². The maximum Gasteiger partial charge on any atom is 0.437 e. The molecular formula is C16H18N4O5. The fourth-order valence-electron chi connectivity index (χ4n) is 3.49. The van der Waals surface area contributed by atoms with Gasteiger partial charge in [-0.05, 0) is 18.9 Å². The molecule has 2 bridgehead atoms. The van der Waals surface area contributed by atoms with Crippen molar-refractivity contribution in [2.24, 2.45) is 0 Å². The van der Waals surface area contributed by atoms with E-state index in [-0.39, 0.29) is 29.3 Å². The van der Waals surface area contributed by atoms with Crippen molar-refractivity contribution >= 4 is 5.69 Å². The Morgan fingerprint density at radius 1 is 1.20 bits per heavy atom. The summed E-state index contributed by atoms with van der Waals surface area (Å²) in [6.45, 7) is 2.77. The van der Waals surface area contributed by atoms with Gasteiger partial charge in [-0.25, -0.2) is 4.79 Å². The van der Waals surface area contributed by atoms with Crippen LogP contribution in [0.25, 0.3) is 11.5 Å². The van der Waals surface area contributed by atoms with Crippen molar-refractivity contribution in [3.63, 3.8) is 0 Å². The van der Waals surface area contributed by atoms with Gasteiger partial charge in [0.1, 0.15) is 5.56 Å². The van der Waals surface area contributed by atoms with E-state index < -0.39 is 10.7 Å². The van der Waals surface area contributed by atoms with Crippen LogP contribution in [0.15, 0.2) is 33.5 Å². The molecule has 9 nitrogen and oxygen atoms in total. The Morgan fingerprint density at radius 3 is 2.64 bits per heavy atom. The Hall–Kier alpha value is -2.52. The number of hydrogen-bond acceptors (Lipinski definition) is 7. The molecule has 2 unspecified atom stereocenters.